The summed E-state index contributed by atoms with van der Waals surface area (Å²) in [5.74, 6) is 0.959. The highest BCUT2D eigenvalue weighted by molar-refractivity contribution is 7.98. The lowest BCUT2D eigenvalue weighted by molar-refractivity contribution is -0.118. The molecule has 0 fully saturated rings. The molecule has 1 aliphatic carbocycles. The molecule has 1 aromatic heterocycles. The van der Waals surface area contributed by atoms with E-state index in [1.165, 1.54) is 23.9 Å². The Kier molecular flexibility index (Phi) is 5.34. The lowest BCUT2D eigenvalue weighted by atomic mass is 9.73. The van der Waals surface area contributed by atoms with Gasteiger partial charge in [-0.2, -0.15) is 4.98 Å². The van der Waals surface area contributed by atoms with E-state index in [2.05, 4.69) is 24.1 Å². The first-order valence-electron chi connectivity index (χ1n) is 10.4. The highest BCUT2D eigenvalue weighted by atomic mass is 35.5. The number of Topliss-reactive ketones (excluding diaryl/α,β-unsaturated/α-hetero) is 1. The molecular weight excluding hydrogens is 447 g/mol. The summed E-state index contributed by atoms with van der Waals surface area (Å²) in [4.78, 5) is 17.9. The molecule has 164 valence electrons. The monoisotopic (exact) mass is 468 g/mol. The number of allylic oxidation sites excluding steroid dienone is 2. The number of hydrogen-bond acceptors (Lipinski definition) is 5. The van der Waals surface area contributed by atoms with Gasteiger partial charge in [0.25, 0.3) is 0 Å². The maximum atomic E-state index is 13.5. The molecule has 1 aliphatic heterocycles. The minimum atomic E-state index is -0.436. The molecule has 1 unspecified atom stereocenters. The Morgan fingerprint density at radius 2 is 2.03 bits per heavy atom. The molecule has 0 saturated carbocycles. The molecular formula is C24H22ClFN4OS. The van der Waals surface area contributed by atoms with Crippen molar-refractivity contribution in [2.45, 2.75) is 43.6 Å². The Bertz CT molecular complexity index is 1250. The fourth-order valence-corrected chi connectivity index (χ4v) is 5.42. The lowest BCUT2D eigenvalue weighted by Gasteiger charge is -2.38. The second-order valence-electron chi connectivity index (χ2n) is 8.96. The van der Waals surface area contributed by atoms with Gasteiger partial charge < -0.3 is 5.32 Å². The normalized spacial score (nSPS) is 19.4. The first-order valence-corrected chi connectivity index (χ1v) is 11.8. The van der Waals surface area contributed by atoms with Crippen molar-refractivity contribution in [1.29, 1.82) is 0 Å². The highest BCUT2D eigenvalue weighted by Gasteiger charge is 2.42. The van der Waals surface area contributed by atoms with E-state index in [1.807, 2.05) is 30.3 Å². The van der Waals surface area contributed by atoms with Gasteiger partial charge in [-0.05, 0) is 35.6 Å². The zero-order valence-corrected chi connectivity index (χ0v) is 19.3. The summed E-state index contributed by atoms with van der Waals surface area (Å²) in [6, 6.07) is 13.6. The van der Waals surface area contributed by atoms with Crippen LogP contribution in [-0.4, -0.2) is 20.5 Å². The predicted molar refractivity (Wildman–Crippen MR) is 124 cm³/mol. The second kappa shape index (κ2) is 8.05. The third kappa shape index (κ3) is 3.95. The molecule has 2 heterocycles. The molecule has 1 N–H and O–H groups in total. The van der Waals surface area contributed by atoms with Crippen molar-refractivity contribution in [3.05, 3.63) is 81.8 Å². The molecule has 2 aromatic carbocycles. The summed E-state index contributed by atoms with van der Waals surface area (Å²) >= 11 is 7.99. The molecule has 1 atom stereocenters. The Morgan fingerprint density at radius 3 is 2.81 bits per heavy atom. The number of carbonyl (C=O) groups is 1. The Morgan fingerprint density at radius 1 is 1.22 bits per heavy atom. The summed E-state index contributed by atoms with van der Waals surface area (Å²) in [5, 5.41) is 9.22. The van der Waals surface area contributed by atoms with Crippen LogP contribution in [0.1, 0.15) is 43.9 Å². The fourth-order valence-electron chi connectivity index (χ4n) is 4.41. The number of halogens is 2. The van der Waals surface area contributed by atoms with Gasteiger partial charge in [-0.15, -0.1) is 5.10 Å². The second-order valence-corrected chi connectivity index (χ2v) is 10.3. The molecule has 0 amide bonds. The van der Waals surface area contributed by atoms with Crippen molar-refractivity contribution >= 4 is 35.1 Å². The predicted octanol–water partition coefficient (Wildman–Crippen LogP) is 6.02. The molecule has 3 aromatic rings. The number of rotatable bonds is 4. The van der Waals surface area contributed by atoms with Crippen molar-refractivity contribution < 1.29 is 9.18 Å². The van der Waals surface area contributed by atoms with E-state index >= 15 is 0 Å². The third-order valence-electron chi connectivity index (χ3n) is 5.77. The van der Waals surface area contributed by atoms with Gasteiger partial charge >= 0.3 is 0 Å². The van der Waals surface area contributed by atoms with Crippen LogP contribution in [-0.2, 0) is 10.5 Å². The number of ketones is 1. The third-order valence-corrected chi connectivity index (χ3v) is 7.02. The van der Waals surface area contributed by atoms with Crippen LogP contribution < -0.4 is 5.32 Å². The van der Waals surface area contributed by atoms with Crippen molar-refractivity contribution in [1.82, 2.24) is 14.8 Å². The Hall–Kier alpha value is -2.64. The van der Waals surface area contributed by atoms with Crippen LogP contribution >= 0.6 is 23.4 Å². The SMILES string of the molecule is CC1(C)CC(=O)C2=C(C1)Nc1nc(SCc3cccc(F)c3)nn1C2c1ccccc1Cl. The van der Waals surface area contributed by atoms with Gasteiger partial charge in [-0.25, -0.2) is 9.07 Å². The van der Waals surface area contributed by atoms with E-state index in [0.29, 0.717) is 33.9 Å². The van der Waals surface area contributed by atoms with Crippen LogP contribution in [0.4, 0.5) is 10.3 Å². The standard InChI is InChI=1S/C24H22ClFN4OS/c1-24(2)11-18-20(19(31)12-24)21(16-8-3-4-9-17(16)25)30-22(27-18)28-23(29-30)32-13-14-6-5-7-15(26)10-14/h3-10,21H,11-13H2,1-2H3,(H,27,28,29). The molecule has 8 heteroatoms. The number of aromatic nitrogens is 3. The van der Waals surface area contributed by atoms with Gasteiger partial charge in [-0.1, -0.05) is 67.5 Å². The fraction of sp³-hybridized carbons (Fsp3) is 0.292. The van der Waals surface area contributed by atoms with E-state index in [4.69, 9.17) is 16.7 Å². The summed E-state index contributed by atoms with van der Waals surface area (Å²) in [6.07, 6.45) is 1.22. The van der Waals surface area contributed by atoms with Gasteiger partial charge in [0.1, 0.15) is 11.9 Å². The first kappa shape index (κ1) is 21.2. The number of nitrogens with zero attached hydrogens (tertiary/aromatic N) is 3. The molecule has 0 radical (unpaired) electrons. The number of nitrogens with one attached hydrogen (secondary N) is 1. The van der Waals surface area contributed by atoms with Crippen LogP contribution in [0, 0.1) is 11.2 Å². The number of benzene rings is 2. The number of fused-ring (bicyclic) bond motifs is 1. The Labute approximate surface area is 195 Å². The summed E-state index contributed by atoms with van der Waals surface area (Å²) in [5.41, 5.74) is 3.14. The maximum Gasteiger partial charge on any atom is 0.227 e. The minimum Gasteiger partial charge on any atom is -0.328 e. The topological polar surface area (TPSA) is 59.8 Å². The van der Waals surface area contributed by atoms with E-state index < -0.39 is 6.04 Å². The quantitative estimate of drug-likeness (QED) is 0.474. The van der Waals surface area contributed by atoms with Gasteiger partial charge in [0.15, 0.2) is 5.78 Å². The van der Waals surface area contributed by atoms with Crippen LogP contribution in [0.25, 0.3) is 0 Å². The first-order chi connectivity index (χ1) is 15.3. The van der Waals surface area contributed by atoms with Crippen molar-refractivity contribution in [2.75, 3.05) is 5.32 Å². The van der Waals surface area contributed by atoms with Crippen molar-refractivity contribution in [3.63, 3.8) is 0 Å². The number of thioether (sulfide) groups is 1. The zero-order chi connectivity index (χ0) is 22.5. The maximum absolute atomic E-state index is 13.5. The molecule has 5 rings (SSSR count). The smallest absolute Gasteiger partial charge is 0.227 e. The molecule has 5 nitrogen and oxygen atoms in total. The minimum absolute atomic E-state index is 0.101. The number of hydrogen-bond donors (Lipinski definition) is 1. The molecule has 0 bridgehead atoms. The van der Waals surface area contributed by atoms with Crippen LogP contribution in [0.2, 0.25) is 5.02 Å². The summed E-state index contributed by atoms with van der Waals surface area (Å²) in [6.45, 7) is 4.20. The Balaban J connectivity index is 1.54. The van der Waals surface area contributed by atoms with Gasteiger partial charge in [0.2, 0.25) is 11.1 Å². The average molecular weight is 469 g/mol. The average Bonchev–Trinajstić information content (AvgIpc) is 3.13. The number of carbonyl (C=O) groups excluding carboxylic acids is 1. The highest BCUT2D eigenvalue weighted by Crippen LogP contribution is 2.46. The van der Waals surface area contributed by atoms with E-state index in [9.17, 15) is 9.18 Å². The van der Waals surface area contributed by atoms with Crippen molar-refractivity contribution in [3.8, 4) is 0 Å². The zero-order valence-electron chi connectivity index (χ0n) is 17.7. The van der Waals surface area contributed by atoms with Crippen LogP contribution in [0.3, 0.4) is 0 Å². The molecule has 2 aliphatic rings. The molecule has 32 heavy (non-hydrogen) atoms. The largest absolute Gasteiger partial charge is 0.328 e. The van der Waals surface area contributed by atoms with Crippen LogP contribution in [0.5, 0.6) is 0 Å². The number of anilines is 1. The van der Waals surface area contributed by atoms with Gasteiger partial charge in [-0.3, -0.25) is 4.79 Å². The van der Waals surface area contributed by atoms with E-state index in [-0.39, 0.29) is 17.0 Å². The summed E-state index contributed by atoms with van der Waals surface area (Å²) < 4.78 is 15.3. The van der Waals surface area contributed by atoms with Gasteiger partial charge in [0.05, 0.1) is 0 Å². The molecule has 0 saturated heterocycles. The summed E-state index contributed by atoms with van der Waals surface area (Å²) in [7, 11) is 0. The van der Waals surface area contributed by atoms with Crippen LogP contribution in [0.15, 0.2) is 65.0 Å². The van der Waals surface area contributed by atoms with E-state index in [1.54, 1.807) is 10.7 Å². The lowest BCUT2D eigenvalue weighted by Crippen LogP contribution is -2.36. The van der Waals surface area contributed by atoms with Crippen molar-refractivity contribution in [2.24, 2.45) is 5.41 Å². The van der Waals surface area contributed by atoms with Gasteiger partial charge in [0, 0.05) is 34.0 Å². The molecule has 0 spiro atoms. The van der Waals surface area contributed by atoms with E-state index in [0.717, 1.165) is 23.2 Å².